The van der Waals surface area contributed by atoms with Crippen molar-refractivity contribution in [3.8, 4) is 0 Å². The van der Waals surface area contributed by atoms with Crippen LogP contribution in [0.3, 0.4) is 0 Å². The summed E-state index contributed by atoms with van der Waals surface area (Å²) < 4.78 is 10.1. The Balaban J connectivity index is 2.13. The van der Waals surface area contributed by atoms with Crippen molar-refractivity contribution in [3.63, 3.8) is 0 Å². The number of nitrogens with zero attached hydrogens (tertiary/aromatic N) is 1. The van der Waals surface area contributed by atoms with E-state index in [1.165, 1.54) is 13.4 Å². The van der Waals surface area contributed by atoms with Gasteiger partial charge in [-0.15, -0.1) is 0 Å². The molecule has 0 saturated carbocycles. The quantitative estimate of drug-likeness (QED) is 0.688. The molecule has 8 nitrogen and oxygen atoms in total. The highest BCUT2D eigenvalue weighted by Crippen LogP contribution is 2.20. The van der Waals surface area contributed by atoms with Gasteiger partial charge in [0.25, 0.3) is 11.5 Å². The number of nitrogens with one attached hydrogen (secondary N) is 2. The zero-order chi connectivity index (χ0) is 15.4. The van der Waals surface area contributed by atoms with E-state index in [0.29, 0.717) is 12.2 Å². The number of aryl methyl sites for hydroxylation is 1. The number of aromatic nitrogens is 2. The Kier molecular flexibility index (Phi) is 4.71. The average Bonchev–Trinajstić information content (AvgIpc) is 2.76. The van der Waals surface area contributed by atoms with Gasteiger partial charge >= 0.3 is 0 Å². The molecule has 0 aromatic carbocycles. The first-order valence-electron chi connectivity index (χ1n) is 6.46. The van der Waals surface area contributed by atoms with Crippen LogP contribution < -0.4 is 10.9 Å². The minimum absolute atomic E-state index is 0.126. The number of carbonyl (C=O) groups is 1. The third-order valence-electron chi connectivity index (χ3n) is 3.02. The van der Waals surface area contributed by atoms with E-state index in [1.54, 1.807) is 6.92 Å². The Morgan fingerprint density at radius 1 is 1.62 bits per heavy atom. The Morgan fingerprint density at radius 2 is 2.38 bits per heavy atom. The Labute approximate surface area is 120 Å². The number of rotatable bonds is 6. The lowest BCUT2D eigenvalue weighted by atomic mass is 10.1. The van der Waals surface area contributed by atoms with E-state index in [4.69, 9.17) is 9.15 Å². The van der Waals surface area contributed by atoms with Crippen LogP contribution in [-0.2, 0) is 4.74 Å². The minimum atomic E-state index is -0.650. The van der Waals surface area contributed by atoms with E-state index in [1.807, 2.05) is 0 Å². The molecule has 0 aliphatic rings. The molecule has 0 spiro atoms. The Bertz CT molecular complexity index is 691. The van der Waals surface area contributed by atoms with Gasteiger partial charge in [-0.05, 0) is 13.3 Å². The van der Waals surface area contributed by atoms with Gasteiger partial charge in [0, 0.05) is 13.7 Å². The number of fused-ring (bicyclic) bond motifs is 1. The highest BCUT2D eigenvalue weighted by atomic mass is 16.5. The standard InChI is InChI=1S/C13H17N3O5/c1-7-9(10-12(19)15-6-16-13(10)21-7)11(18)14-4-3-8(17)5-20-2/h6,8,17H,3-5H2,1-2H3,(H,14,18)(H,15,16,19). The summed E-state index contributed by atoms with van der Waals surface area (Å²) in [6, 6.07) is 0. The maximum atomic E-state index is 12.2. The van der Waals surface area contributed by atoms with E-state index in [0.717, 1.165) is 0 Å². The van der Waals surface area contributed by atoms with Gasteiger partial charge in [0.1, 0.15) is 11.1 Å². The molecule has 2 aromatic rings. The van der Waals surface area contributed by atoms with Crippen molar-refractivity contribution >= 4 is 17.0 Å². The topological polar surface area (TPSA) is 117 Å². The maximum absolute atomic E-state index is 12.2. The monoisotopic (exact) mass is 295 g/mol. The lowest BCUT2D eigenvalue weighted by Gasteiger charge is -2.09. The molecule has 0 radical (unpaired) electrons. The SMILES string of the molecule is COCC(O)CCNC(=O)c1c(C)oc2nc[nH]c(=O)c12. The van der Waals surface area contributed by atoms with Crippen LogP contribution in [0.5, 0.6) is 0 Å². The molecule has 0 saturated heterocycles. The lowest BCUT2D eigenvalue weighted by Crippen LogP contribution is -2.29. The molecule has 1 unspecified atom stereocenters. The number of aliphatic hydroxyl groups excluding tert-OH is 1. The molecular formula is C13H17N3O5. The number of ether oxygens (including phenoxy) is 1. The lowest BCUT2D eigenvalue weighted by molar-refractivity contribution is 0.0587. The van der Waals surface area contributed by atoms with Crippen LogP contribution >= 0.6 is 0 Å². The van der Waals surface area contributed by atoms with Gasteiger partial charge in [-0.1, -0.05) is 0 Å². The van der Waals surface area contributed by atoms with Crippen molar-refractivity contribution in [2.45, 2.75) is 19.4 Å². The third-order valence-corrected chi connectivity index (χ3v) is 3.02. The number of aromatic amines is 1. The summed E-state index contributed by atoms with van der Waals surface area (Å²) in [6.07, 6.45) is 0.918. The first-order chi connectivity index (χ1) is 10.0. The molecule has 2 aromatic heterocycles. The first-order valence-corrected chi connectivity index (χ1v) is 6.46. The van der Waals surface area contributed by atoms with Gasteiger partial charge in [-0.3, -0.25) is 9.59 Å². The summed E-state index contributed by atoms with van der Waals surface area (Å²) in [4.78, 5) is 30.3. The highest BCUT2D eigenvalue weighted by molar-refractivity contribution is 6.06. The van der Waals surface area contributed by atoms with Crippen molar-refractivity contribution in [1.82, 2.24) is 15.3 Å². The van der Waals surface area contributed by atoms with E-state index in [-0.39, 0.29) is 29.8 Å². The fourth-order valence-electron chi connectivity index (χ4n) is 2.04. The molecule has 114 valence electrons. The predicted octanol–water partition coefficient (Wildman–Crippen LogP) is -0.0483. The summed E-state index contributed by atoms with van der Waals surface area (Å²) in [7, 11) is 1.49. The smallest absolute Gasteiger partial charge is 0.262 e. The number of aliphatic hydroxyl groups is 1. The molecule has 1 atom stereocenters. The normalized spacial score (nSPS) is 12.5. The van der Waals surface area contributed by atoms with Crippen molar-refractivity contribution in [2.24, 2.45) is 0 Å². The van der Waals surface area contributed by atoms with Gasteiger partial charge in [0.15, 0.2) is 0 Å². The zero-order valence-electron chi connectivity index (χ0n) is 11.8. The molecule has 0 fully saturated rings. The van der Waals surface area contributed by atoms with E-state index < -0.39 is 17.6 Å². The van der Waals surface area contributed by atoms with Crippen LogP contribution in [0.4, 0.5) is 0 Å². The van der Waals surface area contributed by atoms with Gasteiger partial charge in [0.2, 0.25) is 5.71 Å². The van der Waals surface area contributed by atoms with Gasteiger partial charge in [0.05, 0.1) is 24.6 Å². The molecule has 8 heteroatoms. The summed E-state index contributed by atoms with van der Waals surface area (Å²) in [6.45, 7) is 2.05. The molecule has 0 bridgehead atoms. The maximum Gasteiger partial charge on any atom is 0.262 e. The van der Waals surface area contributed by atoms with Crippen LogP contribution in [0.1, 0.15) is 22.5 Å². The summed E-state index contributed by atoms with van der Waals surface area (Å²) in [5.41, 5.74) is -0.136. The number of H-pyrrole nitrogens is 1. The molecule has 21 heavy (non-hydrogen) atoms. The van der Waals surface area contributed by atoms with E-state index >= 15 is 0 Å². The largest absolute Gasteiger partial charge is 0.442 e. The molecule has 3 N–H and O–H groups in total. The molecular weight excluding hydrogens is 278 g/mol. The first kappa shape index (κ1) is 15.2. The van der Waals surface area contributed by atoms with Crippen LogP contribution in [0.15, 0.2) is 15.5 Å². The average molecular weight is 295 g/mol. The minimum Gasteiger partial charge on any atom is -0.442 e. The second kappa shape index (κ2) is 6.51. The molecule has 1 amide bonds. The van der Waals surface area contributed by atoms with Crippen LogP contribution in [-0.4, -0.2) is 47.3 Å². The Morgan fingerprint density at radius 3 is 3.10 bits per heavy atom. The number of hydrogen-bond acceptors (Lipinski definition) is 6. The van der Waals surface area contributed by atoms with Gasteiger partial charge in [-0.25, -0.2) is 4.98 Å². The van der Waals surface area contributed by atoms with Crippen LogP contribution in [0.25, 0.3) is 11.1 Å². The van der Waals surface area contributed by atoms with Gasteiger partial charge in [-0.2, -0.15) is 0 Å². The fraction of sp³-hybridized carbons (Fsp3) is 0.462. The summed E-state index contributed by atoms with van der Waals surface area (Å²) in [5.74, 6) is -0.112. The van der Waals surface area contributed by atoms with E-state index in [2.05, 4.69) is 15.3 Å². The number of furan rings is 1. The molecule has 0 aliphatic carbocycles. The number of hydrogen-bond donors (Lipinski definition) is 3. The molecule has 2 heterocycles. The zero-order valence-corrected chi connectivity index (χ0v) is 11.8. The van der Waals surface area contributed by atoms with Crippen molar-refractivity contribution in [3.05, 3.63) is 28.0 Å². The number of methoxy groups -OCH3 is 1. The molecule has 0 aliphatic heterocycles. The predicted molar refractivity (Wildman–Crippen MR) is 74.2 cm³/mol. The number of carbonyl (C=O) groups excluding carboxylic acids is 1. The van der Waals surface area contributed by atoms with Crippen LogP contribution in [0.2, 0.25) is 0 Å². The summed E-state index contributed by atoms with van der Waals surface area (Å²) in [5, 5.41) is 12.3. The van der Waals surface area contributed by atoms with Crippen molar-refractivity contribution in [1.29, 1.82) is 0 Å². The van der Waals surface area contributed by atoms with E-state index in [9.17, 15) is 14.7 Å². The van der Waals surface area contributed by atoms with Crippen LogP contribution in [0, 0.1) is 6.92 Å². The second-order valence-electron chi connectivity index (χ2n) is 4.60. The van der Waals surface area contributed by atoms with Crippen molar-refractivity contribution in [2.75, 3.05) is 20.3 Å². The van der Waals surface area contributed by atoms with Gasteiger partial charge < -0.3 is 24.6 Å². The fourth-order valence-corrected chi connectivity index (χ4v) is 2.04. The second-order valence-corrected chi connectivity index (χ2v) is 4.60. The third kappa shape index (κ3) is 3.29. The number of amides is 1. The van der Waals surface area contributed by atoms with Crippen molar-refractivity contribution < 1.29 is 19.1 Å². The highest BCUT2D eigenvalue weighted by Gasteiger charge is 2.21. The molecule has 2 rings (SSSR count). The Hall–Kier alpha value is -2.19. The summed E-state index contributed by atoms with van der Waals surface area (Å²) >= 11 is 0.